The lowest BCUT2D eigenvalue weighted by atomic mass is 10.0. The second-order valence-electron chi connectivity index (χ2n) is 4.98. The Balaban J connectivity index is 1.83. The number of benzene rings is 1. The van der Waals surface area contributed by atoms with Crippen molar-refractivity contribution in [2.75, 3.05) is 19.7 Å². The summed E-state index contributed by atoms with van der Waals surface area (Å²) in [6.07, 6.45) is 1.10. The number of carbonyl (C=O) groups is 2. The van der Waals surface area contributed by atoms with Crippen LogP contribution < -0.4 is 5.32 Å². The van der Waals surface area contributed by atoms with Gasteiger partial charge in [0, 0.05) is 24.7 Å². The van der Waals surface area contributed by atoms with Crippen molar-refractivity contribution >= 4 is 12.0 Å². The number of aromatic hydroxyl groups is 1. The molecule has 1 fully saturated rings. The van der Waals surface area contributed by atoms with E-state index in [1.165, 1.54) is 12.1 Å². The van der Waals surface area contributed by atoms with Crippen LogP contribution in [0.4, 0.5) is 4.79 Å². The van der Waals surface area contributed by atoms with Crippen molar-refractivity contribution in [2.45, 2.75) is 25.8 Å². The van der Waals surface area contributed by atoms with E-state index in [0.29, 0.717) is 38.1 Å². The average Bonchev–Trinajstić information content (AvgIpc) is 2.48. The van der Waals surface area contributed by atoms with Crippen LogP contribution in [0.15, 0.2) is 24.3 Å². The van der Waals surface area contributed by atoms with Gasteiger partial charge in [0.2, 0.25) is 0 Å². The minimum absolute atomic E-state index is 0.0329. The summed E-state index contributed by atoms with van der Waals surface area (Å²) in [4.78, 5) is 25.3. The number of phenolic OH excluding ortho intramolecular Hbond substituents is 1. The van der Waals surface area contributed by atoms with Crippen LogP contribution in [0, 0.1) is 0 Å². The maximum absolute atomic E-state index is 12.1. The molecule has 1 saturated heterocycles. The van der Waals surface area contributed by atoms with Crippen molar-refractivity contribution in [3.8, 4) is 5.75 Å². The summed E-state index contributed by atoms with van der Waals surface area (Å²) in [5.41, 5.74) is 0.433. The standard InChI is InChI=1S/C15H20N2O4/c1-2-21-15(20)17-8-6-12(7-9-17)16-14(19)11-4-3-5-13(18)10-11/h3-5,10,12,18H,2,6-9H2,1H3,(H,16,19). The Kier molecular flexibility index (Phi) is 5.03. The monoisotopic (exact) mass is 292 g/mol. The van der Waals surface area contributed by atoms with E-state index in [2.05, 4.69) is 5.32 Å². The maximum atomic E-state index is 12.1. The van der Waals surface area contributed by atoms with Crippen LogP contribution in [-0.4, -0.2) is 47.7 Å². The highest BCUT2D eigenvalue weighted by Gasteiger charge is 2.24. The number of nitrogens with one attached hydrogen (secondary N) is 1. The predicted molar refractivity (Wildman–Crippen MR) is 77.2 cm³/mol. The molecule has 1 aromatic carbocycles. The molecule has 0 aromatic heterocycles. The first kappa shape index (κ1) is 15.2. The van der Waals surface area contributed by atoms with E-state index >= 15 is 0 Å². The summed E-state index contributed by atoms with van der Waals surface area (Å²) in [5.74, 6) is -0.139. The third-order valence-electron chi connectivity index (χ3n) is 3.46. The van der Waals surface area contributed by atoms with E-state index < -0.39 is 0 Å². The topological polar surface area (TPSA) is 78.9 Å². The first-order valence-corrected chi connectivity index (χ1v) is 7.11. The molecule has 1 aliphatic heterocycles. The lowest BCUT2D eigenvalue weighted by molar-refractivity contribution is 0.0859. The largest absolute Gasteiger partial charge is 0.508 e. The Morgan fingerprint density at radius 3 is 2.71 bits per heavy atom. The molecule has 0 spiro atoms. The maximum Gasteiger partial charge on any atom is 0.409 e. The van der Waals surface area contributed by atoms with Gasteiger partial charge >= 0.3 is 6.09 Å². The molecule has 21 heavy (non-hydrogen) atoms. The smallest absolute Gasteiger partial charge is 0.409 e. The van der Waals surface area contributed by atoms with Crippen molar-refractivity contribution in [3.63, 3.8) is 0 Å². The van der Waals surface area contributed by atoms with Crippen molar-refractivity contribution in [1.82, 2.24) is 10.2 Å². The lowest BCUT2D eigenvalue weighted by Gasteiger charge is -2.31. The van der Waals surface area contributed by atoms with Crippen LogP contribution >= 0.6 is 0 Å². The number of phenols is 1. The number of hydrogen-bond donors (Lipinski definition) is 2. The Hall–Kier alpha value is -2.24. The van der Waals surface area contributed by atoms with Crippen LogP contribution in [-0.2, 0) is 4.74 Å². The molecule has 0 radical (unpaired) electrons. The Morgan fingerprint density at radius 2 is 2.10 bits per heavy atom. The Bertz CT molecular complexity index is 510. The first-order chi connectivity index (χ1) is 10.1. The zero-order chi connectivity index (χ0) is 15.2. The summed E-state index contributed by atoms with van der Waals surface area (Å²) in [7, 11) is 0. The second-order valence-corrected chi connectivity index (χ2v) is 4.98. The van der Waals surface area contributed by atoms with Gasteiger partial charge in [0.25, 0.3) is 5.91 Å². The number of hydrogen-bond acceptors (Lipinski definition) is 4. The van der Waals surface area contributed by atoms with Crippen LogP contribution in [0.3, 0.4) is 0 Å². The molecule has 0 atom stereocenters. The molecular weight excluding hydrogens is 272 g/mol. The molecule has 0 aliphatic carbocycles. The molecule has 0 saturated carbocycles. The van der Waals surface area contributed by atoms with Crippen LogP contribution in [0.1, 0.15) is 30.1 Å². The zero-order valence-corrected chi connectivity index (χ0v) is 12.0. The molecule has 2 amide bonds. The SMILES string of the molecule is CCOC(=O)N1CCC(NC(=O)c2cccc(O)c2)CC1. The van der Waals surface area contributed by atoms with E-state index in [0.717, 1.165) is 0 Å². The summed E-state index contributed by atoms with van der Waals surface area (Å²) >= 11 is 0. The third-order valence-corrected chi connectivity index (χ3v) is 3.46. The highest BCUT2D eigenvalue weighted by molar-refractivity contribution is 5.94. The second kappa shape index (κ2) is 6.97. The summed E-state index contributed by atoms with van der Waals surface area (Å²) in [5, 5.41) is 12.3. The number of ether oxygens (including phenoxy) is 1. The molecule has 6 heteroatoms. The fourth-order valence-electron chi connectivity index (χ4n) is 2.34. The lowest BCUT2D eigenvalue weighted by Crippen LogP contribution is -2.46. The van der Waals surface area contributed by atoms with Crippen molar-refractivity contribution in [2.24, 2.45) is 0 Å². The fourth-order valence-corrected chi connectivity index (χ4v) is 2.34. The minimum Gasteiger partial charge on any atom is -0.508 e. The van der Waals surface area contributed by atoms with Gasteiger partial charge in [-0.3, -0.25) is 4.79 Å². The van der Waals surface area contributed by atoms with E-state index in [4.69, 9.17) is 4.74 Å². The van der Waals surface area contributed by atoms with Gasteiger partial charge in [-0.25, -0.2) is 4.79 Å². The zero-order valence-electron chi connectivity index (χ0n) is 12.0. The van der Waals surface area contributed by atoms with Crippen LogP contribution in [0.2, 0.25) is 0 Å². The number of nitrogens with zero attached hydrogens (tertiary/aromatic N) is 1. The minimum atomic E-state index is -0.296. The molecule has 0 bridgehead atoms. The number of carbonyl (C=O) groups excluding carboxylic acids is 2. The molecule has 1 heterocycles. The Labute approximate surface area is 123 Å². The van der Waals surface area contributed by atoms with E-state index in [1.807, 2.05) is 0 Å². The fraction of sp³-hybridized carbons (Fsp3) is 0.467. The molecule has 2 N–H and O–H groups in total. The van der Waals surface area contributed by atoms with Gasteiger partial charge in [-0.2, -0.15) is 0 Å². The van der Waals surface area contributed by atoms with Crippen molar-refractivity contribution < 1.29 is 19.4 Å². The van der Waals surface area contributed by atoms with Gasteiger partial charge < -0.3 is 20.1 Å². The normalized spacial score (nSPS) is 15.6. The molecule has 114 valence electrons. The first-order valence-electron chi connectivity index (χ1n) is 7.11. The van der Waals surface area contributed by atoms with Gasteiger partial charge in [-0.05, 0) is 38.0 Å². The number of likely N-dealkylation sites (tertiary alicyclic amines) is 1. The highest BCUT2D eigenvalue weighted by Crippen LogP contribution is 2.14. The van der Waals surface area contributed by atoms with Crippen molar-refractivity contribution in [1.29, 1.82) is 0 Å². The van der Waals surface area contributed by atoms with Gasteiger partial charge in [0.15, 0.2) is 0 Å². The van der Waals surface area contributed by atoms with Crippen LogP contribution in [0.25, 0.3) is 0 Å². The number of piperidine rings is 1. The molecule has 0 unspecified atom stereocenters. The van der Waals surface area contributed by atoms with Gasteiger partial charge in [0.05, 0.1) is 6.61 Å². The highest BCUT2D eigenvalue weighted by atomic mass is 16.6. The van der Waals surface area contributed by atoms with Gasteiger partial charge in [-0.15, -0.1) is 0 Å². The Morgan fingerprint density at radius 1 is 1.38 bits per heavy atom. The molecule has 6 nitrogen and oxygen atoms in total. The van der Waals surface area contributed by atoms with Crippen molar-refractivity contribution in [3.05, 3.63) is 29.8 Å². The predicted octanol–water partition coefficient (Wildman–Crippen LogP) is 1.74. The quantitative estimate of drug-likeness (QED) is 0.889. The summed E-state index contributed by atoms with van der Waals surface area (Å²) in [6, 6.07) is 6.28. The van der Waals surface area contributed by atoms with Crippen LogP contribution in [0.5, 0.6) is 5.75 Å². The third kappa shape index (κ3) is 4.11. The van der Waals surface area contributed by atoms with Gasteiger partial charge in [0.1, 0.15) is 5.75 Å². The summed E-state index contributed by atoms with van der Waals surface area (Å²) in [6.45, 7) is 3.29. The number of rotatable bonds is 3. The average molecular weight is 292 g/mol. The summed E-state index contributed by atoms with van der Waals surface area (Å²) < 4.78 is 4.95. The molecule has 1 aliphatic rings. The number of amides is 2. The van der Waals surface area contributed by atoms with E-state index in [9.17, 15) is 14.7 Å². The molecule has 1 aromatic rings. The molecule has 2 rings (SSSR count). The molecular formula is C15H20N2O4. The van der Waals surface area contributed by atoms with E-state index in [1.54, 1.807) is 24.0 Å². The van der Waals surface area contributed by atoms with Gasteiger partial charge in [-0.1, -0.05) is 6.07 Å². The van der Waals surface area contributed by atoms with E-state index in [-0.39, 0.29) is 23.8 Å².